The van der Waals surface area contributed by atoms with Crippen LogP contribution < -0.4 is 10.1 Å². The maximum absolute atomic E-state index is 12.8. The van der Waals surface area contributed by atoms with Crippen LogP contribution in [0.2, 0.25) is 0 Å². The summed E-state index contributed by atoms with van der Waals surface area (Å²) in [5.74, 6) is -0.389. The standard InChI is InChI=1S/C20H15F3N4O2S/c1-12-5-6-15-17(9-12)30-19(24-15)25-18(28)16-7-8-27(26-16)11-29-14-4-2-3-13(10-14)20(21,22)23/h2-10H,11H2,1H3,(H,24,25,28). The Morgan fingerprint density at radius 2 is 2.03 bits per heavy atom. The highest BCUT2D eigenvalue weighted by atomic mass is 32.1. The first-order valence-corrected chi connectivity index (χ1v) is 9.62. The summed E-state index contributed by atoms with van der Waals surface area (Å²) < 4.78 is 45.9. The van der Waals surface area contributed by atoms with E-state index in [1.54, 1.807) is 0 Å². The number of aromatic nitrogens is 3. The minimum atomic E-state index is -4.45. The molecular weight excluding hydrogens is 417 g/mol. The van der Waals surface area contributed by atoms with E-state index >= 15 is 0 Å². The molecule has 0 aliphatic carbocycles. The minimum absolute atomic E-state index is 0.0519. The zero-order chi connectivity index (χ0) is 21.3. The molecule has 0 fully saturated rings. The van der Waals surface area contributed by atoms with Gasteiger partial charge in [0.05, 0.1) is 15.8 Å². The van der Waals surface area contributed by atoms with Crippen molar-refractivity contribution in [2.45, 2.75) is 19.8 Å². The van der Waals surface area contributed by atoms with E-state index in [0.29, 0.717) is 5.13 Å². The summed E-state index contributed by atoms with van der Waals surface area (Å²) in [6.07, 6.45) is -2.94. The third-order valence-electron chi connectivity index (χ3n) is 4.16. The van der Waals surface area contributed by atoms with E-state index in [1.807, 2.05) is 25.1 Å². The van der Waals surface area contributed by atoms with Gasteiger partial charge in [0.1, 0.15) is 5.75 Å². The molecule has 2 aromatic heterocycles. The van der Waals surface area contributed by atoms with Gasteiger partial charge < -0.3 is 4.74 Å². The van der Waals surface area contributed by atoms with Crippen LogP contribution >= 0.6 is 11.3 Å². The smallest absolute Gasteiger partial charge is 0.416 e. The number of halogens is 3. The van der Waals surface area contributed by atoms with Crippen molar-refractivity contribution in [3.63, 3.8) is 0 Å². The van der Waals surface area contributed by atoms with E-state index in [-0.39, 0.29) is 18.2 Å². The molecule has 0 saturated carbocycles. The Hall–Kier alpha value is -3.40. The number of fused-ring (bicyclic) bond motifs is 1. The third kappa shape index (κ3) is 4.43. The number of nitrogens with one attached hydrogen (secondary N) is 1. The lowest BCUT2D eigenvalue weighted by atomic mass is 10.2. The molecule has 2 heterocycles. The van der Waals surface area contributed by atoms with Crippen molar-refractivity contribution >= 4 is 32.6 Å². The Morgan fingerprint density at radius 1 is 1.20 bits per heavy atom. The largest absolute Gasteiger partial charge is 0.471 e. The van der Waals surface area contributed by atoms with Crippen molar-refractivity contribution in [2.24, 2.45) is 0 Å². The van der Waals surface area contributed by atoms with Crippen LogP contribution in [0.25, 0.3) is 10.2 Å². The van der Waals surface area contributed by atoms with Gasteiger partial charge >= 0.3 is 6.18 Å². The van der Waals surface area contributed by atoms with Crippen LogP contribution in [0.5, 0.6) is 5.75 Å². The van der Waals surface area contributed by atoms with Crippen LogP contribution in [0.15, 0.2) is 54.7 Å². The number of rotatable bonds is 5. The highest BCUT2D eigenvalue weighted by molar-refractivity contribution is 7.22. The first-order chi connectivity index (χ1) is 14.3. The second-order valence-corrected chi connectivity index (χ2v) is 7.51. The molecular formula is C20H15F3N4O2S. The predicted octanol–water partition coefficient (Wildman–Crippen LogP) is 5.11. The number of benzene rings is 2. The number of alkyl halides is 3. The summed E-state index contributed by atoms with van der Waals surface area (Å²) in [6, 6.07) is 11.9. The molecule has 0 spiro atoms. The van der Waals surface area contributed by atoms with E-state index in [9.17, 15) is 18.0 Å². The molecule has 0 atom stereocenters. The van der Waals surface area contributed by atoms with Gasteiger partial charge in [0.25, 0.3) is 5.91 Å². The Balaban J connectivity index is 1.40. The molecule has 0 saturated heterocycles. The zero-order valence-electron chi connectivity index (χ0n) is 15.6. The molecule has 2 aromatic carbocycles. The lowest BCUT2D eigenvalue weighted by Gasteiger charge is -2.10. The first-order valence-electron chi connectivity index (χ1n) is 8.80. The zero-order valence-corrected chi connectivity index (χ0v) is 16.4. The average molecular weight is 432 g/mol. The average Bonchev–Trinajstić information content (AvgIpc) is 3.32. The first kappa shape index (κ1) is 19.9. The van der Waals surface area contributed by atoms with Gasteiger partial charge in [-0.1, -0.05) is 23.5 Å². The van der Waals surface area contributed by atoms with Crippen LogP contribution in [0.4, 0.5) is 18.3 Å². The molecule has 154 valence electrons. The van der Waals surface area contributed by atoms with Crippen molar-refractivity contribution in [1.82, 2.24) is 14.8 Å². The molecule has 0 aliphatic heterocycles. The van der Waals surface area contributed by atoms with Gasteiger partial charge in [-0.05, 0) is 48.9 Å². The number of ether oxygens (including phenoxy) is 1. The monoisotopic (exact) mass is 432 g/mol. The van der Waals surface area contributed by atoms with Gasteiger partial charge in [-0.2, -0.15) is 18.3 Å². The Kier molecular flexibility index (Phi) is 5.17. The number of nitrogens with zero attached hydrogens (tertiary/aromatic N) is 3. The van der Waals surface area contributed by atoms with Gasteiger partial charge in [0, 0.05) is 6.20 Å². The highest BCUT2D eigenvalue weighted by Gasteiger charge is 2.30. The van der Waals surface area contributed by atoms with Crippen LogP contribution in [0.3, 0.4) is 0 Å². The quantitative estimate of drug-likeness (QED) is 0.476. The fourth-order valence-corrected chi connectivity index (χ4v) is 3.66. The number of amides is 1. The Labute approximate surface area is 172 Å². The maximum atomic E-state index is 12.8. The fourth-order valence-electron chi connectivity index (χ4n) is 2.70. The van der Waals surface area contributed by atoms with Crippen LogP contribution in [-0.2, 0) is 12.9 Å². The van der Waals surface area contributed by atoms with Crippen molar-refractivity contribution in [1.29, 1.82) is 0 Å². The van der Waals surface area contributed by atoms with E-state index in [4.69, 9.17) is 4.74 Å². The normalized spacial score (nSPS) is 11.6. The molecule has 0 aliphatic rings. The summed E-state index contributed by atoms with van der Waals surface area (Å²) in [4.78, 5) is 16.8. The Morgan fingerprint density at radius 3 is 2.83 bits per heavy atom. The van der Waals surface area contributed by atoms with Crippen molar-refractivity contribution < 1.29 is 22.7 Å². The molecule has 6 nitrogen and oxygen atoms in total. The molecule has 4 rings (SSSR count). The number of hydrogen-bond acceptors (Lipinski definition) is 5. The predicted molar refractivity (Wildman–Crippen MR) is 107 cm³/mol. The summed E-state index contributed by atoms with van der Waals surface area (Å²) in [6.45, 7) is 1.83. The van der Waals surface area contributed by atoms with E-state index in [1.165, 1.54) is 40.4 Å². The van der Waals surface area contributed by atoms with Crippen LogP contribution in [0, 0.1) is 6.92 Å². The molecule has 0 unspecified atom stereocenters. The van der Waals surface area contributed by atoms with E-state index < -0.39 is 17.6 Å². The van der Waals surface area contributed by atoms with Crippen molar-refractivity contribution in [3.05, 3.63) is 71.5 Å². The van der Waals surface area contributed by atoms with E-state index in [2.05, 4.69) is 15.4 Å². The number of carbonyl (C=O) groups excluding carboxylic acids is 1. The summed E-state index contributed by atoms with van der Waals surface area (Å²) in [5, 5.41) is 7.25. The van der Waals surface area contributed by atoms with Crippen LogP contribution in [-0.4, -0.2) is 20.7 Å². The lowest BCUT2D eigenvalue weighted by Crippen LogP contribution is -2.14. The molecule has 10 heteroatoms. The van der Waals surface area contributed by atoms with Gasteiger partial charge in [0.2, 0.25) is 0 Å². The van der Waals surface area contributed by atoms with Gasteiger partial charge in [0.15, 0.2) is 17.6 Å². The topological polar surface area (TPSA) is 69.0 Å². The number of hydrogen-bond donors (Lipinski definition) is 1. The van der Waals surface area contributed by atoms with Crippen LogP contribution in [0.1, 0.15) is 21.6 Å². The van der Waals surface area contributed by atoms with Crippen molar-refractivity contribution in [3.8, 4) is 5.75 Å². The fraction of sp³-hybridized carbons (Fsp3) is 0.150. The lowest BCUT2D eigenvalue weighted by molar-refractivity contribution is -0.137. The number of thiazole rings is 1. The minimum Gasteiger partial charge on any atom is -0.471 e. The molecule has 30 heavy (non-hydrogen) atoms. The molecule has 0 radical (unpaired) electrons. The van der Waals surface area contributed by atoms with Gasteiger partial charge in [-0.3, -0.25) is 10.1 Å². The summed E-state index contributed by atoms with van der Waals surface area (Å²) in [7, 11) is 0. The van der Waals surface area contributed by atoms with Crippen molar-refractivity contribution in [2.75, 3.05) is 5.32 Å². The molecule has 1 N–H and O–H groups in total. The molecule has 1 amide bonds. The summed E-state index contributed by atoms with van der Waals surface area (Å²) in [5.41, 5.74) is 1.23. The number of carbonyl (C=O) groups is 1. The number of anilines is 1. The molecule has 0 bridgehead atoms. The second kappa shape index (κ2) is 7.79. The highest BCUT2D eigenvalue weighted by Crippen LogP contribution is 2.31. The van der Waals surface area contributed by atoms with Gasteiger partial charge in [-0.15, -0.1) is 0 Å². The van der Waals surface area contributed by atoms with Gasteiger partial charge in [-0.25, -0.2) is 9.67 Å². The number of aryl methyl sites for hydroxylation is 1. The third-order valence-corrected chi connectivity index (χ3v) is 5.10. The SMILES string of the molecule is Cc1ccc2nc(NC(=O)c3ccn(COc4cccc(C(F)(F)F)c4)n3)sc2c1. The van der Waals surface area contributed by atoms with E-state index in [0.717, 1.165) is 27.9 Å². The Bertz CT molecular complexity index is 1220. The maximum Gasteiger partial charge on any atom is 0.416 e. The summed E-state index contributed by atoms with van der Waals surface area (Å²) >= 11 is 1.36. The molecule has 4 aromatic rings. The second-order valence-electron chi connectivity index (χ2n) is 6.48.